The van der Waals surface area contributed by atoms with Crippen LogP contribution in [0.4, 0.5) is 0 Å². The third kappa shape index (κ3) is 3.25. The summed E-state index contributed by atoms with van der Waals surface area (Å²) in [5, 5.41) is 0. The Bertz CT molecular complexity index is 528. The molecule has 1 unspecified atom stereocenters. The zero-order valence-electron chi connectivity index (χ0n) is 11.5. The van der Waals surface area contributed by atoms with Gasteiger partial charge < -0.3 is 4.74 Å². The van der Waals surface area contributed by atoms with E-state index >= 15 is 0 Å². The van der Waals surface area contributed by atoms with E-state index in [1.807, 2.05) is 42.5 Å². The highest BCUT2D eigenvalue weighted by Gasteiger charge is 2.13. The van der Waals surface area contributed by atoms with Crippen LogP contribution in [0.3, 0.4) is 0 Å². The van der Waals surface area contributed by atoms with Crippen LogP contribution in [0.2, 0.25) is 0 Å². The average molecular weight is 252 g/mol. The fourth-order valence-electron chi connectivity index (χ4n) is 2.03. The van der Waals surface area contributed by atoms with Gasteiger partial charge in [-0.3, -0.25) is 0 Å². The maximum atomic E-state index is 6.09. The highest BCUT2D eigenvalue weighted by Crippen LogP contribution is 2.31. The standard InChI is InChI=1S/C18H20O/c1-4-17(14(2)3)19-18-13-9-8-12-16(18)15-10-6-5-7-11-15/h4-14,17H,1H2,2-3H3. The van der Waals surface area contributed by atoms with E-state index in [-0.39, 0.29) is 6.10 Å². The van der Waals surface area contributed by atoms with E-state index < -0.39 is 0 Å². The molecule has 2 aromatic rings. The highest BCUT2D eigenvalue weighted by molar-refractivity contribution is 5.70. The van der Waals surface area contributed by atoms with E-state index in [9.17, 15) is 0 Å². The van der Waals surface area contributed by atoms with Gasteiger partial charge in [0.2, 0.25) is 0 Å². The van der Waals surface area contributed by atoms with Crippen LogP contribution in [0.5, 0.6) is 5.75 Å². The lowest BCUT2D eigenvalue weighted by Crippen LogP contribution is -2.20. The van der Waals surface area contributed by atoms with Gasteiger partial charge in [0, 0.05) is 5.56 Å². The first kappa shape index (κ1) is 13.4. The lowest BCUT2D eigenvalue weighted by Gasteiger charge is -2.21. The molecule has 0 radical (unpaired) electrons. The summed E-state index contributed by atoms with van der Waals surface area (Å²) in [6.45, 7) is 8.13. The maximum absolute atomic E-state index is 6.09. The van der Waals surface area contributed by atoms with Crippen molar-refractivity contribution in [1.29, 1.82) is 0 Å². The van der Waals surface area contributed by atoms with Crippen LogP contribution < -0.4 is 4.74 Å². The van der Waals surface area contributed by atoms with Crippen LogP contribution in [0, 0.1) is 5.92 Å². The summed E-state index contributed by atoms with van der Waals surface area (Å²) in [7, 11) is 0. The molecule has 0 amide bonds. The van der Waals surface area contributed by atoms with Crippen LogP contribution in [0.25, 0.3) is 11.1 Å². The molecule has 0 saturated heterocycles. The predicted octanol–water partition coefficient (Wildman–Crippen LogP) is 4.94. The molecule has 0 saturated carbocycles. The molecule has 2 aromatic carbocycles. The van der Waals surface area contributed by atoms with Gasteiger partial charge in [0.15, 0.2) is 0 Å². The largest absolute Gasteiger partial charge is 0.485 e. The molecule has 0 aliphatic rings. The second-order valence-corrected chi connectivity index (χ2v) is 4.92. The minimum absolute atomic E-state index is 0.0323. The van der Waals surface area contributed by atoms with Crippen molar-refractivity contribution in [2.45, 2.75) is 20.0 Å². The van der Waals surface area contributed by atoms with Crippen LogP contribution in [-0.2, 0) is 0 Å². The molecule has 2 rings (SSSR count). The Morgan fingerprint density at radius 2 is 1.58 bits per heavy atom. The molecular formula is C18H20O. The van der Waals surface area contributed by atoms with Crippen LogP contribution in [-0.4, -0.2) is 6.10 Å². The molecule has 1 heteroatoms. The van der Waals surface area contributed by atoms with Crippen molar-refractivity contribution in [2.75, 3.05) is 0 Å². The van der Waals surface area contributed by atoms with Gasteiger partial charge in [0.25, 0.3) is 0 Å². The molecule has 1 nitrogen and oxygen atoms in total. The summed E-state index contributed by atoms with van der Waals surface area (Å²) in [4.78, 5) is 0. The van der Waals surface area contributed by atoms with Crippen molar-refractivity contribution in [2.24, 2.45) is 5.92 Å². The summed E-state index contributed by atoms with van der Waals surface area (Å²) < 4.78 is 6.09. The molecule has 0 aliphatic heterocycles. The first-order chi connectivity index (χ1) is 9.22. The number of ether oxygens (including phenoxy) is 1. The highest BCUT2D eigenvalue weighted by atomic mass is 16.5. The zero-order chi connectivity index (χ0) is 13.7. The Morgan fingerprint density at radius 1 is 0.947 bits per heavy atom. The van der Waals surface area contributed by atoms with Gasteiger partial charge in [0.05, 0.1) is 0 Å². The molecular weight excluding hydrogens is 232 g/mol. The summed E-state index contributed by atoms with van der Waals surface area (Å²) in [5.41, 5.74) is 2.29. The average Bonchev–Trinajstić information content (AvgIpc) is 2.45. The molecule has 0 heterocycles. The zero-order valence-corrected chi connectivity index (χ0v) is 11.5. The Labute approximate surface area is 115 Å². The monoisotopic (exact) mass is 252 g/mol. The lowest BCUT2D eigenvalue weighted by atomic mass is 10.0. The summed E-state index contributed by atoms with van der Waals surface area (Å²) in [6, 6.07) is 18.4. The molecule has 19 heavy (non-hydrogen) atoms. The smallest absolute Gasteiger partial charge is 0.128 e. The molecule has 0 aromatic heterocycles. The van der Waals surface area contributed by atoms with Crippen LogP contribution in [0.1, 0.15) is 13.8 Å². The second kappa shape index (κ2) is 6.24. The number of rotatable bonds is 5. The number of para-hydroxylation sites is 1. The van der Waals surface area contributed by atoms with Gasteiger partial charge >= 0.3 is 0 Å². The number of hydrogen-bond acceptors (Lipinski definition) is 1. The van der Waals surface area contributed by atoms with E-state index in [1.54, 1.807) is 0 Å². The first-order valence-corrected chi connectivity index (χ1v) is 6.66. The van der Waals surface area contributed by atoms with Gasteiger partial charge in [-0.05, 0) is 17.5 Å². The van der Waals surface area contributed by atoms with Crippen molar-refractivity contribution in [3.63, 3.8) is 0 Å². The fraction of sp³-hybridized carbons (Fsp3) is 0.222. The van der Waals surface area contributed by atoms with E-state index in [1.165, 1.54) is 5.56 Å². The van der Waals surface area contributed by atoms with Gasteiger partial charge in [0.1, 0.15) is 11.9 Å². The fourth-order valence-corrected chi connectivity index (χ4v) is 2.03. The number of hydrogen-bond donors (Lipinski definition) is 0. The molecule has 1 atom stereocenters. The SMILES string of the molecule is C=CC(Oc1ccccc1-c1ccccc1)C(C)C. The van der Waals surface area contributed by atoms with E-state index in [4.69, 9.17) is 4.74 Å². The van der Waals surface area contributed by atoms with Crippen LogP contribution >= 0.6 is 0 Å². The van der Waals surface area contributed by atoms with E-state index in [2.05, 4.69) is 38.6 Å². The third-order valence-corrected chi connectivity index (χ3v) is 3.12. The van der Waals surface area contributed by atoms with Gasteiger partial charge in [-0.2, -0.15) is 0 Å². The normalized spacial score (nSPS) is 12.2. The van der Waals surface area contributed by atoms with Crippen molar-refractivity contribution < 1.29 is 4.74 Å². The van der Waals surface area contributed by atoms with E-state index in [0.29, 0.717) is 5.92 Å². The number of benzene rings is 2. The summed E-state index contributed by atoms with van der Waals surface area (Å²) >= 11 is 0. The first-order valence-electron chi connectivity index (χ1n) is 6.66. The van der Waals surface area contributed by atoms with Gasteiger partial charge in [-0.1, -0.05) is 75.0 Å². The van der Waals surface area contributed by atoms with E-state index in [0.717, 1.165) is 11.3 Å². The second-order valence-electron chi connectivity index (χ2n) is 4.92. The Balaban J connectivity index is 2.34. The van der Waals surface area contributed by atoms with Crippen molar-refractivity contribution in [1.82, 2.24) is 0 Å². The minimum atomic E-state index is 0.0323. The molecule has 0 aliphatic carbocycles. The molecule has 0 N–H and O–H groups in total. The Kier molecular flexibility index (Phi) is 4.40. The molecule has 0 fully saturated rings. The molecule has 98 valence electrons. The predicted molar refractivity (Wildman–Crippen MR) is 81.3 cm³/mol. The summed E-state index contributed by atoms with van der Waals surface area (Å²) in [6.07, 6.45) is 1.90. The van der Waals surface area contributed by atoms with Crippen LogP contribution in [0.15, 0.2) is 67.3 Å². The quantitative estimate of drug-likeness (QED) is 0.685. The lowest BCUT2D eigenvalue weighted by molar-refractivity contribution is 0.199. The van der Waals surface area contributed by atoms with Crippen molar-refractivity contribution >= 4 is 0 Å². The van der Waals surface area contributed by atoms with Gasteiger partial charge in [-0.25, -0.2) is 0 Å². The minimum Gasteiger partial charge on any atom is -0.485 e. The third-order valence-electron chi connectivity index (χ3n) is 3.12. The molecule has 0 spiro atoms. The maximum Gasteiger partial charge on any atom is 0.128 e. The Hall–Kier alpha value is -2.02. The molecule has 0 bridgehead atoms. The van der Waals surface area contributed by atoms with Gasteiger partial charge in [-0.15, -0.1) is 0 Å². The Morgan fingerprint density at radius 3 is 2.21 bits per heavy atom. The topological polar surface area (TPSA) is 9.23 Å². The summed E-state index contributed by atoms with van der Waals surface area (Å²) in [5.74, 6) is 1.31. The van der Waals surface area contributed by atoms with Crippen molar-refractivity contribution in [3.05, 3.63) is 67.3 Å². The van der Waals surface area contributed by atoms with Crippen molar-refractivity contribution in [3.8, 4) is 16.9 Å².